The summed E-state index contributed by atoms with van der Waals surface area (Å²) in [7, 11) is 2.06. The first kappa shape index (κ1) is 19.6. The number of hydrogen-bond acceptors (Lipinski definition) is 2. The van der Waals surface area contributed by atoms with Crippen LogP contribution in [0.4, 0.5) is 0 Å². The zero-order valence-electron chi connectivity index (χ0n) is 18.0. The number of rotatable bonds is 5. The summed E-state index contributed by atoms with van der Waals surface area (Å²) in [5.41, 5.74) is 4.80. The van der Waals surface area contributed by atoms with Crippen molar-refractivity contribution in [2.75, 3.05) is 20.1 Å². The molecule has 1 saturated carbocycles. The molecule has 0 aromatic heterocycles. The van der Waals surface area contributed by atoms with E-state index >= 15 is 0 Å². The highest BCUT2D eigenvalue weighted by atomic mass is 16.2. The van der Waals surface area contributed by atoms with E-state index in [1.54, 1.807) is 0 Å². The van der Waals surface area contributed by atoms with Gasteiger partial charge in [-0.15, -0.1) is 0 Å². The molecule has 0 N–H and O–H groups in total. The van der Waals surface area contributed by atoms with Gasteiger partial charge in [-0.3, -0.25) is 9.69 Å². The fourth-order valence-corrected chi connectivity index (χ4v) is 5.76. The van der Waals surface area contributed by atoms with Crippen molar-refractivity contribution < 1.29 is 4.79 Å². The lowest BCUT2D eigenvalue weighted by molar-refractivity contribution is -0.134. The quantitative estimate of drug-likeness (QED) is 0.698. The van der Waals surface area contributed by atoms with Crippen molar-refractivity contribution in [3.63, 3.8) is 0 Å². The molecule has 1 heterocycles. The van der Waals surface area contributed by atoms with Gasteiger partial charge in [0, 0.05) is 19.1 Å². The summed E-state index contributed by atoms with van der Waals surface area (Å²) in [6, 6.07) is 21.8. The monoisotopic (exact) mass is 400 g/mol. The third-order valence-electron chi connectivity index (χ3n) is 7.35. The predicted molar refractivity (Wildman–Crippen MR) is 123 cm³/mol. The molecule has 1 saturated heterocycles. The van der Waals surface area contributed by atoms with Crippen molar-refractivity contribution in [2.45, 2.75) is 50.6 Å². The summed E-state index contributed by atoms with van der Waals surface area (Å²) in [6.07, 6.45) is 7.52. The van der Waals surface area contributed by atoms with Crippen molar-refractivity contribution in [2.24, 2.45) is 5.92 Å². The molecule has 156 valence electrons. The van der Waals surface area contributed by atoms with Crippen molar-refractivity contribution >= 4 is 17.1 Å². The minimum atomic E-state index is -0.0963. The molecule has 0 radical (unpaired) electrons. The molecule has 3 heteroatoms. The molecule has 2 aromatic carbocycles. The third-order valence-corrected chi connectivity index (χ3v) is 7.35. The van der Waals surface area contributed by atoms with Crippen molar-refractivity contribution in [1.82, 2.24) is 9.80 Å². The Hall–Kier alpha value is -2.39. The molecule has 3 aliphatic rings. The van der Waals surface area contributed by atoms with E-state index < -0.39 is 0 Å². The Morgan fingerprint density at radius 1 is 0.800 bits per heavy atom. The normalized spacial score (nSPS) is 24.8. The lowest BCUT2D eigenvalue weighted by atomic mass is 9.88. The largest absolute Gasteiger partial charge is 0.340 e. The van der Waals surface area contributed by atoms with Crippen LogP contribution in [0.5, 0.6) is 0 Å². The van der Waals surface area contributed by atoms with Gasteiger partial charge in [0.25, 0.3) is 0 Å². The van der Waals surface area contributed by atoms with E-state index in [4.69, 9.17) is 0 Å². The van der Waals surface area contributed by atoms with Crippen LogP contribution in [0.2, 0.25) is 0 Å². The van der Waals surface area contributed by atoms with Crippen LogP contribution < -0.4 is 0 Å². The van der Waals surface area contributed by atoms with Gasteiger partial charge in [-0.05, 0) is 61.0 Å². The summed E-state index contributed by atoms with van der Waals surface area (Å²) in [6.45, 7) is 2.41. The number of likely N-dealkylation sites (N-methyl/N-ethyl adjacent to an activating group) is 1. The fraction of sp³-hybridized carbons (Fsp3) is 0.444. The number of nitrogens with zero attached hydrogens (tertiary/aromatic N) is 2. The number of carbonyl (C=O) groups is 1. The SMILES string of the molecule is CN(C(=O)C1C(c2ccccc2)=C1c1ccccc1)[C@H]1CCCC[C@@H]1N1CCCC1. The Kier molecular flexibility index (Phi) is 5.47. The average molecular weight is 401 g/mol. The molecule has 1 aliphatic heterocycles. The van der Waals surface area contributed by atoms with Crippen molar-refractivity contribution in [3.8, 4) is 0 Å². The lowest BCUT2D eigenvalue weighted by Gasteiger charge is -2.42. The van der Waals surface area contributed by atoms with E-state index in [0.717, 1.165) is 6.42 Å². The summed E-state index contributed by atoms with van der Waals surface area (Å²) in [4.78, 5) is 18.6. The number of hydrogen-bond donors (Lipinski definition) is 0. The molecule has 30 heavy (non-hydrogen) atoms. The second-order valence-corrected chi connectivity index (χ2v) is 9.10. The zero-order chi connectivity index (χ0) is 20.5. The molecular formula is C27H32N2O. The highest BCUT2D eigenvalue weighted by Gasteiger charge is 2.47. The van der Waals surface area contributed by atoms with E-state index in [2.05, 4.69) is 65.4 Å². The maximum atomic E-state index is 13.8. The second kappa shape index (κ2) is 8.39. The standard InChI is InChI=1S/C27H32N2O/c1-28(22-16-8-9-17-23(22)29-18-10-11-19-29)27(30)26-24(20-12-4-2-5-13-20)25(26)21-14-6-3-7-15-21/h2-7,12-15,22-23,26H,8-11,16-19H2,1H3/t22-,23-/m0/s1. The molecule has 2 fully saturated rings. The molecule has 1 amide bonds. The number of amides is 1. The van der Waals surface area contributed by atoms with Crippen LogP contribution in [0.3, 0.4) is 0 Å². The first-order valence-electron chi connectivity index (χ1n) is 11.6. The molecule has 2 aliphatic carbocycles. The zero-order valence-corrected chi connectivity index (χ0v) is 18.0. The van der Waals surface area contributed by atoms with E-state index in [9.17, 15) is 4.79 Å². The fourth-order valence-electron chi connectivity index (χ4n) is 5.76. The van der Waals surface area contributed by atoms with Gasteiger partial charge in [0.1, 0.15) is 0 Å². The molecule has 3 nitrogen and oxygen atoms in total. The maximum Gasteiger partial charge on any atom is 0.234 e. The van der Waals surface area contributed by atoms with Crippen LogP contribution in [-0.4, -0.2) is 47.9 Å². The van der Waals surface area contributed by atoms with Crippen LogP contribution in [0.15, 0.2) is 60.7 Å². The Labute approximate surface area is 180 Å². The Morgan fingerprint density at radius 2 is 1.33 bits per heavy atom. The molecule has 0 unspecified atom stereocenters. The molecule has 2 atom stereocenters. The maximum absolute atomic E-state index is 13.8. The van der Waals surface area contributed by atoms with Crippen LogP contribution in [0, 0.1) is 5.92 Å². The van der Waals surface area contributed by atoms with E-state index in [1.807, 2.05) is 12.1 Å². The highest BCUT2D eigenvalue weighted by Crippen LogP contribution is 2.54. The second-order valence-electron chi connectivity index (χ2n) is 9.10. The Bertz CT molecular complexity index is 865. The molecule has 0 spiro atoms. The van der Waals surface area contributed by atoms with Gasteiger partial charge in [-0.25, -0.2) is 0 Å². The van der Waals surface area contributed by atoms with E-state index in [-0.39, 0.29) is 11.8 Å². The predicted octanol–water partition coefficient (Wildman–Crippen LogP) is 5.09. The van der Waals surface area contributed by atoms with Gasteiger partial charge >= 0.3 is 0 Å². The highest BCUT2D eigenvalue weighted by molar-refractivity contribution is 6.23. The van der Waals surface area contributed by atoms with Crippen molar-refractivity contribution in [1.29, 1.82) is 0 Å². The van der Waals surface area contributed by atoms with E-state index in [1.165, 1.54) is 67.5 Å². The van der Waals surface area contributed by atoms with Gasteiger partial charge in [0.05, 0.1) is 5.92 Å². The van der Waals surface area contributed by atoms with Crippen LogP contribution in [0.1, 0.15) is 49.7 Å². The summed E-state index contributed by atoms with van der Waals surface area (Å²) >= 11 is 0. The number of likely N-dealkylation sites (tertiary alicyclic amines) is 1. The van der Waals surface area contributed by atoms with Gasteiger partial charge < -0.3 is 4.90 Å². The van der Waals surface area contributed by atoms with Gasteiger partial charge in [-0.2, -0.15) is 0 Å². The summed E-state index contributed by atoms with van der Waals surface area (Å²) in [5.74, 6) is 0.185. The van der Waals surface area contributed by atoms with Crippen LogP contribution in [-0.2, 0) is 4.79 Å². The summed E-state index contributed by atoms with van der Waals surface area (Å²) in [5, 5.41) is 0. The summed E-state index contributed by atoms with van der Waals surface area (Å²) < 4.78 is 0. The van der Waals surface area contributed by atoms with Gasteiger partial charge in [-0.1, -0.05) is 73.5 Å². The first-order valence-corrected chi connectivity index (χ1v) is 11.6. The Morgan fingerprint density at radius 3 is 1.90 bits per heavy atom. The van der Waals surface area contributed by atoms with Crippen LogP contribution >= 0.6 is 0 Å². The molecule has 0 bridgehead atoms. The molecule has 5 rings (SSSR count). The molecule has 2 aromatic rings. The number of benzene rings is 2. The smallest absolute Gasteiger partial charge is 0.234 e. The van der Waals surface area contributed by atoms with Crippen LogP contribution in [0.25, 0.3) is 11.1 Å². The third kappa shape index (κ3) is 3.60. The van der Waals surface area contributed by atoms with Gasteiger partial charge in [0.15, 0.2) is 0 Å². The minimum absolute atomic E-state index is 0.0963. The number of carbonyl (C=O) groups excluding carboxylic acids is 1. The minimum Gasteiger partial charge on any atom is -0.340 e. The lowest BCUT2D eigenvalue weighted by Crippen LogP contribution is -2.53. The van der Waals surface area contributed by atoms with Gasteiger partial charge in [0.2, 0.25) is 5.91 Å². The molecular weight excluding hydrogens is 368 g/mol. The Balaban J connectivity index is 1.40. The average Bonchev–Trinajstić information content (AvgIpc) is 3.32. The topological polar surface area (TPSA) is 23.6 Å². The first-order chi connectivity index (χ1) is 14.8. The van der Waals surface area contributed by atoms with Crippen molar-refractivity contribution in [3.05, 3.63) is 71.8 Å². The van der Waals surface area contributed by atoms with E-state index in [0.29, 0.717) is 12.1 Å².